The second-order valence-corrected chi connectivity index (χ2v) is 4.87. The van der Waals surface area contributed by atoms with E-state index in [2.05, 4.69) is 48.2 Å². The molecule has 0 saturated carbocycles. The van der Waals surface area contributed by atoms with Gasteiger partial charge in [0.25, 0.3) is 0 Å². The van der Waals surface area contributed by atoms with Crippen molar-refractivity contribution in [2.45, 2.75) is 45.6 Å². The molecule has 0 N–H and O–H groups in total. The second kappa shape index (κ2) is 6.34. The zero-order valence-electron chi connectivity index (χ0n) is 11.2. The number of aromatic nitrogens is 3. The number of hydrogen-bond donors (Lipinski definition) is 0. The highest BCUT2D eigenvalue weighted by Crippen LogP contribution is 2.24. The first-order valence-electron chi connectivity index (χ1n) is 6.68. The first-order valence-corrected chi connectivity index (χ1v) is 6.68. The van der Waals surface area contributed by atoms with Crippen LogP contribution in [0.4, 0.5) is 0 Å². The van der Waals surface area contributed by atoms with E-state index in [-0.39, 0.29) is 0 Å². The van der Waals surface area contributed by atoms with Crippen LogP contribution in [0.1, 0.15) is 43.2 Å². The molecule has 0 saturated heterocycles. The number of nitrogens with zero attached hydrogens (tertiary/aromatic N) is 3. The van der Waals surface area contributed by atoms with Crippen LogP contribution in [0.2, 0.25) is 0 Å². The first kappa shape index (κ1) is 12.8. The summed E-state index contributed by atoms with van der Waals surface area (Å²) < 4.78 is 1.93. The highest BCUT2D eigenvalue weighted by molar-refractivity contribution is 5.24. The predicted molar refractivity (Wildman–Crippen MR) is 73.5 cm³/mol. The lowest BCUT2D eigenvalue weighted by atomic mass is 9.93. The summed E-state index contributed by atoms with van der Waals surface area (Å²) in [4.78, 5) is 4.02. The van der Waals surface area contributed by atoms with Gasteiger partial charge in [-0.25, -0.2) is 4.98 Å². The fourth-order valence-corrected chi connectivity index (χ4v) is 2.21. The molecule has 0 aliphatic heterocycles. The van der Waals surface area contributed by atoms with Crippen LogP contribution in [0, 0.1) is 6.92 Å². The van der Waals surface area contributed by atoms with Crippen LogP contribution < -0.4 is 0 Å². The van der Waals surface area contributed by atoms with E-state index in [1.165, 1.54) is 30.4 Å². The fourth-order valence-electron chi connectivity index (χ4n) is 2.21. The van der Waals surface area contributed by atoms with E-state index in [4.69, 9.17) is 0 Å². The van der Waals surface area contributed by atoms with Gasteiger partial charge in [-0.05, 0) is 18.9 Å². The van der Waals surface area contributed by atoms with Gasteiger partial charge in [-0.2, -0.15) is 5.10 Å². The van der Waals surface area contributed by atoms with Crippen molar-refractivity contribution < 1.29 is 0 Å². The standard InChI is InChI=1S/C15H21N3/c1-3-4-5-15(10-18-12-16-11-17-18)14-8-6-13(2)7-9-14/h6-9,11-12,15H,3-5,10H2,1-2H3. The van der Waals surface area contributed by atoms with Crippen molar-refractivity contribution in [1.82, 2.24) is 14.8 Å². The van der Waals surface area contributed by atoms with Gasteiger partial charge < -0.3 is 0 Å². The Balaban J connectivity index is 2.11. The van der Waals surface area contributed by atoms with Crippen molar-refractivity contribution >= 4 is 0 Å². The molecule has 0 amide bonds. The number of rotatable bonds is 6. The molecule has 0 spiro atoms. The van der Waals surface area contributed by atoms with E-state index in [1.54, 1.807) is 12.7 Å². The molecule has 3 nitrogen and oxygen atoms in total. The molecule has 1 unspecified atom stereocenters. The monoisotopic (exact) mass is 243 g/mol. The molecular formula is C15H21N3. The Bertz CT molecular complexity index is 445. The zero-order valence-corrected chi connectivity index (χ0v) is 11.2. The molecule has 0 bridgehead atoms. The molecule has 2 aromatic rings. The Labute approximate surface area is 109 Å². The van der Waals surface area contributed by atoms with Gasteiger partial charge in [-0.3, -0.25) is 4.68 Å². The van der Waals surface area contributed by atoms with Gasteiger partial charge in [-0.1, -0.05) is 49.6 Å². The number of benzene rings is 1. The van der Waals surface area contributed by atoms with Gasteiger partial charge >= 0.3 is 0 Å². The molecule has 0 aliphatic rings. The van der Waals surface area contributed by atoms with Crippen LogP contribution in [-0.2, 0) is 6.54 Å². The second-order valence-electron chi connectivity index (χ2n) is 4.87. The van der Waals surface area contributed by atoms with Crippen LogP contribution in [0.3, 0.4) is 0 Å². The predicted octanol–water partition coefficient (Wildman–Crippen LogP) is 3.56. The fraction of sp³-hybridized carbons (Fsp3) is 0.467. The van der Waals surface area contributed by atoms with Crippen LogP contribution in [0.15, 0.2) is 36.9 Å². The lowest BCUT2D eigenvalue weighted by Gasteiger charge is -2.17. The third-order valence-corrected chi connectivity index (χ3v) is 3.33. The van der Waals surface area contributed by atoms with Crippen LogP contribution in [0.5, 0.6) is 0 Å². The van der Waals surface area contributed by atoms with Crippen LogP contribution >= 0.6 is 0 Å². The summed E-state index contributed by atoms with van der Waals surface area (Å²) in [6.45, 7) is 5.28. The Morgan fingerprint density at radius 1 is 1.22 bits per heavy atom. The van der Waals surface area contributed by atoms with Gasteiger partial charge in [0.2, 0.25) is 0 Å². The van der Waals surface area contributed by atoms with Gasteiger partial charge in [0.05, 0.1) is 0 Å². The van der Waals surface area contributed by atoms with E-state index in [0.29, 0.717) is 5.92 Å². The van der Waals surface area contributed by atoms with Crippen molar-refractivity contribution in [1.29, 1.82) is 0 Å². The summed E-state index contributed by atoms with van der Waals surface area (Å²) in [5.41, 5.74) is 2.72. The van der Waals surface area contributed by atoms with E-state index >= 15 is 0 Å². The van der Waals surface area contributed by atoms with Crippen LogP contribution in [0.25, 0.3) is 0 Å². The number of unbranched alkanes of at least 4 members (excludes halogenated alkanes) is 1. The lowest BCUT2D eigenvalue weighted by molar-refractivity contribution is 0.474. The van der Waals surface area contributed by atoms with Crippen molar-refractivity contribution in [3.05, 3.63) is 48.0 Å². The maximum absolute atomic E-state index is 4.21. The van der Waals surface area contributed by atoms with Crippen molar-refractivity contribution in [3.8, 4) is 0 Å². The van der Waals surface area contributed by atoms with Crippen LogP contribution in [-0.4, -0.2) is 14.8 Å². The van der Waals surface area contributed by atoms with Gasteiger partial charge in [0.1, 0.15) is 12.7 Å². The van der Waals surface area contributed by atoms with Crippen molar-refractivity contribution in [3.63, 3.8) is 0 Å². The largest absolute Gasteiger partial charge is 0.252 e. The van der Waals surface area contributed by atoms with Crippen molar-refractivity contribution in [2.75, 3.05) is 0 Å². The maximum atomic E-state index is 4.21. The first-order chi connectivity index (χ1) is 8.79. The SMILES string of the molecule is CCCCC(Cn1cncn1)c1ccc(C)cc1. The highest BCUT2D eigenvalue weighted by Gasteiger charge is 2.12. The normalized spacial score (nSPS) is 12.6. The highest BCUT2D eigenvalue weighted by atomic mass is 15.3. The van der Waals surface area contributed by atoms with E-state index < -0.39 is 0 Å². The Morgan fingerprint density at radius 3 is 2.61 bits per heavy atom. The van der Waals surface area contributed by atoms with Gasteiger partial charge in [0, 0.05) is 12.5 Å². The molecule has 0 fully saturated rings. The topological polar surface area (TPSA) is 30.7 Å². The van der Waals surface area contributed by atoms with E-state index in [9.17, 15) is 0 Å². The molecule has 1 heterocycles. The molecule has 18 heavy (non-hydrogen) atoms. The minimum absolute atomic E-state index is 0.534. The third-order valence-electron chi connectivity index (χ3n) is 3.33. The minimum atomic E-state index is 0.534. The summed E-state index contributed by atoms with van der Waals surface area (Å²) in [6, 6.07) is 8.87. The van der Waals surface area contributed by atoms with Crippen molar-refractivity contribution in [2.24, 2.45) is 0 Å². The van der Waals surface area contributed by atoms with E-state index in [0.717, 1.165) is 6.54 Å². The molecule has 0 aliphatic carbocycles. The minimum Gasteiger partial charge on any atom is -0.252 e. The Hall–Kier alpha value is -1.64. The Kier molecular flexibility index (Phi) is 4.51. The molecule has 0 radical (unpaired) electrons. The molecule has 1 aromatic carbocycles. The third kappa shape index (κ3) is 3.42. The summed E-state index contributed by atoms with van der Waals surface area (Å²) >= 11 is 0. The maximum Gasteiger partial charge on any atom is 0.137 e. The smallest absolute Gasteiger partial charge is 0.137 e. The summed E-state index contributed by atoms with van der Waals surface area (Å²) in [6.07, 6.45) is 7.10. The number of hydrogen-bond acceptors (Lipinski definition) is 2. The quantitative estimate of drug-likeness (QED) is 0.776. The summed E-state index contributed by atoms with van der Waals surface area (Å²) in [7, 11) is 0. The van der Waals surface area contributed by atoms with Gasteiger partial charge in [0.15, 0.2) is 0 Å². The molecule has 1 aromatic heterocycles. The molecule has 96 valence electrons. The zero-order chi connectivity index (χ0) is 12.8. The Morgan fingerprint density at radius 2 is 2.00 bits per heavy atom. The summed E-state index contributed by atoms with van der Waals surface area (Å²) in [5.74, 6) is 0.534. The van der Waals surface area contributed by atoms with E-state index in [1.807, 2.05) is 4.68 Å². The van der Waals surface area contributed by atoms with Gasteiger partial charge in [-0.15, -0.1) is 0 Å². The average Bonchev–Trinajstić information content (AvgIpc) is 2.88. The molecule has 2 rings (SSSR count). The number of aryl methyl sites for hydroxylation is 1. The lowest BCUT2D eigenvalue weighted by Crippen LogP contribution is -2.10. The molecule has 3 heteroatoms. The molecule has 1 atom stereocenters. The summed E-state index contributed by atoms with van der Waals surface area (Å²) in [5, 5.41) is 4.21. The molecular weight excluding hydrogens is 222 g/mol. The average molecular weight is 243 g/mol.